The standard InChI is InChI=1S/C26H31N5O/c1-4-5-24(32)30-12-10-18(11-13-30)19-6-8-22-21(14-19)25(17(2)3)26(29-22)20-7-9-23-27-16-28-31(23)15-20/h6-9,14-18,29H,4-5,10-13H2,1-3H3. The minimum atomic E-state index is 0.308. The van der Waals surface area contributed by atoms with Crippen LogP contribution in [0.5, 0.6) is 0 Å². The molecule has 1 N–H and O–H groups in total. The van der Waals surface area contributed by atoms with E-state index in [0.717, 1.165) is 49.3 Å². The molecule has 0 spiro atoms. The van der Waals surface area contributed by atoms with Crippen LogP contribution in [0, 0.1) is 0 Å². The van der Waals surface area contributed by atoms with Gasteiger partial charge in [0.25, 0.3) is 0 Å². The van der Waals surface area contributed by atoms with E-state index in [2.05, 4.69) is 60.1 Å². The van der Waals surface area contributed by atoms with Gasteiger partial charge in [-0.1, -0.05) is 26.8 Å². The molecule has 1 saturated heterocycles. The van der Waals surface area contributed by atoms with E-state index in [9.17, 15) is 4.79 Å². The highest BCUT2D eigenvalue weighted by atomic mass is 16.2. The average molecular weight is 430 g/mol. The lowest BCUT2D eigenvalue weighted by Gasteiger charge is -2.32. The summed E-state index contributed by atoms with van der Waals surface area (Å²) in [5, 5.41) is 5.60. The Morgan fingerprint density at radius 1 is 1.19 bits per heavy atom. The van der Waals surface area contributed by atoms with Crippen LogP contribution in [0.25, 0.3) is 27.8 Å². The summed E-state index contributed by atoms with van der Waals surface area (Å²) in [6, 6.07) is 11.0. The minimum absolute atomic E-state index is 0.308. The van der Waals surface area contributed by atoms with Crippen LogP contribution in [0.15, 0.2) is 42.9 Å². The number of carbonyl (C=O) groups excluding carboxylic acids is 1. The van der Waals surface area contributed by atoms with Gasteiger partial charge in [0.05, 0.1) is 5.69 Å². The maximum Gasteiger partial charge on any atom is 0.222 e. The van der Waals surface area contributed by atoms with Crippen LogP contribution in [-0.4, -0.2) is 43.5 Å². The number of pyridine rings is 1. The van der Waals surface area contributed by atoms with Crippen molar-refractivity contribution in [3.8, 4) is 11.3 Å². The Hall–Kier alpha value is -3.15. The van der Waals surface area contributed by atoms with Gasteiger partial charge < -0.3 is 9.88 Å². The van der Waals surface area contributed by atoms with Crippen molar-refractivity contribution >= 4 is 22.5 Å². The summed E-state index contributed by atoms with van der Waals surface area (Å²) < 4.78 is 1.82. The van der Waals surface area contributed by atoms with Gasteiger partial charge in [0.2, 0.25) is 5.91 Å². The molecule has 1 amide bonds. The van der Waals surface area contributed by atoms with E-state index < -0.39 is 0 Å². The lowest BCUT2D eigenvalue weighted by atomic mass is 9.87. The third-order valence-corrected chi connectivity index (χ3v) is 6.79. The second kappa shape index (κ2) is 8.41. The number of likely N-dealkylation sites (tertiary alicyclic amines) is 1. The summed E-state index contributed by atoms with van der Waals surface area (Å²) in [6.07, 6.45) is 7.30. The Labute approximate surface area is 188 Å². The number of carbonyl (C=O) groups is 1. The molecule has 0 saturated carbocycles. The normalized spacial score (nSPS) is 15.3. The van der Waals surface area contributed by atoms with Crippen molar-refractivity contribution in [2.24, 2.45) is 0 Å². The first kappa shape index (κ1) is 20.7. The number of H-pyrrole nitrogens is 1. The van der Waals surface area contributed by atoms with Gasteiger partial charge in [-0.05, 0) is 66.5 Å². The molecule has 0 atom stereocenters. The van der Waals surface area contributed by atoms with Gasteiger partial charge in [-0.15, -0.1) is 0 Å². The number of aromatic amines is 1. The number of hydrogen-bond donors (Lipinski definition) is 1. The Morgan fingerprint density at radius 3 is 2.75 bits per heavy atom. The summed E-state index contributed by atoms with van der Waals surface area (Å²) >= 11 is 0. The van der Waals surface area contributed by atoms with Gasteiger partial charge in [-0.25, -0.2) is 9.50 Å². The van der Waals surface area contributed by atoms with E-state index in [1.807, 2.05) is 21.7 Å². The Balaban J connectivity index is 1.47. The molecule has 4 heterocycles. The molecule has 0 aliphatic carbocycles. The lowest BCUT2D eigenvalue weighted by Crippen LogP contribution is -2.37. The monoisotopic (exact) mass is 429 g/mol. The van der Waals surface area contributed by atoms with Crippen molar-refractivity contribution in [3.63, 3.8) is 0 Å². The Morgan fingerprint density at radius 2 is 2.00 bits per heavy atom. The molecule has 1 aliphatic heterocycles. The molecule has 5 rings (SSSR count). The quantitative estimate of drug-likeness (QED) is 0.455. The summed E-state index contributed by atoms with van der Waals surface area (Å²) in [6.45, 7) is 8.32. The van der Waals surface area contributed by atoms with Crippen LogP contribution in [0.4, 0.5) is 0 Å². The van der Waals surface area contributed by atoms with Gasteiger partial charge in [-0.2, -0.15) is 5.10 Å². The topological polar surface area (TPSA) is 66.3 Å². The first-order valence-corrected chi connectivity index (χ1v) is 11.8. The first-order chi connectivity index (χ1) is 15.5. The zero-order valence-corrected chi connectivity index (χ0v) is 19.1. The third kappa shape index (κ3) is 3.68. The van der Waals surface area contributed by atoms with Crippen molar-refractivity contribution in [1.29, 1.82) is 0 Å². The SMILES string of the molecule is CCCC(=O)N1CCC(c2ccc3[nH]c(-c4ccc5ncnn5c4)c(C(C)C)c3c2)CC1. The molecular weight excluding hydrogens is 398 g/mol. The Kier molecular flexibility index (Phi) is 5.45. The van der Waals surface area contributed by atoms with Crippen molar-refractivity contribution in [3.05, 3.63) is 54.0 Å². The molecule has 0 unspecified atom stereocenters. The molecule has 1 aromatic carbocycles. The van der Waals surface area contributed by atoms with Gasteiger partial charge in [-0.3, -0.25) is 4.79 Å². The fourth-order valence-electron chi connectivity index (χ4n) is 5.11. The van der Waals surface area contributed by atoms with Crippen LogP contribution in [0.2, 0.25) is 0 Å². The van der Waals surface area contributed by atoms with Gasteiger partial charge in [0, 0.05) is 42.2 Å². The second-order valence-corrected chi connectivity index (χ2v) is 9.26. The van der Waals surface area contributed by atoms with Gasteiger partial charge >= 0.3 is 0 Å². The summed E-state index contributed by atoms with van der Waals surface area (Å²) in [4.78, 5) is 22.2. The van der Waals surface area contributed by atoms with E-state index in [-0.39, 0.29) is 0 Å². The van der Waals surface area contributed by atoms with Crippen LogP contribution >= 0.6 is 0 Å². The number of nitrogens with one attached hydrogen (secondary N) is 1. The number of fused-ring (bicyclic) bond motifs is 2. The fraction of sp³-hybridized carbons (Fsp3) is 0.423. The highest BCUT2D eigenvalue weighted by Crippen LogP contribution is 2.38. The number of benzene rings is 1. The molecule has 1 fully saturated rings. The molecular formula is C26H31N5O. The summed E-state index contributed by atoms with van der Waals surface area (Å²) in [5.74, 6) is 1.20. The zero-order valence-electron chi connectivity index (χ0n) is 19.1. The molecule has 4 aromatic rings. The number of amides is 1. The van der Waals surface area contributed by atoms with E-state index in [1.54, 1.807) is 6.33 Å². The smallest absolute Gasteiger partial charge is 0.222 e. The predicted molar refractivity (Wildman–Crippen MR) is 128 cm³/mol. The molecule has 1 aliphatic rings. The molecule has 0 bridgehead atoms. The van der Waals surface area contributed by atoms with Gasteiger partial charge in [0.15, 0.2) is 5.65 Å². The van der Waals surface area contributed by atoms with Crippen molar-refractivity contribution in [2.45, 2.75) is 58.3 Å². The Bertz CT molecular complexity index is 1260. The van der Waals surface area contributed by atoms with Crippen LogP contribution < -0.4 is 0 Å². The number of rotatable bonds is 5. The summed E-state index contributed by atoms with van der Waals surface area (Å²) in [5.41, 5.74) is 7.02. The van der Waals surface area contributed by atoms with Crippen LogP contribution in [0.1, 0.15) is 69.4 Å². The lowest BCUT2D eigenvalue weighted by molar-refractivity contribution is -0.132. The largest absolute Gasteiger partial charge is 0.354 e. The predicted octanol–water partition coefficient (Wildman–Crippen LogP) is 5.51. The van der Waals surface area contributed by atoms with E-state index in [0.29, 0.717) is 24.2 Å². The molecule has 0 radical (unpaired) electrons. The molecule has 32 heavy (non-hydrogen) atoms. The van der Waals surface area contributed by atoms with E-state index >= 15 is 0 Å². The maximum absolute atomic E-state index is 12.2. The zero-order chi connectivity index (χ0) is 22.2. The van der Waals surface area contributed by atoms with E-state index in [4.69, 9.17) is 0 Å². The fourth-order valence-corrected chi connectivity index (χ4v) is 5.11. The van der Waals surface area contributed by atoms with Gasteiger partial charge in [0.1, 0.15) is 6.33 Å². The second-order valence-electron chi connectivity index (χ2n) is 9.26. The average Bonchev–Trinajstić information content (AvgIpc) is 3.42. The maximum atomic E-state index is 12.2. The first-order valence-electron chi connectivity index (χ1n) is 11.8. The van der Waals surface area contributed by atoms with Crippen LogP contribution in [0.3, 0.4) is 0 Å². The van der Waals surface area contributed by atoms with Crippen LogP contribution in [-0.2, 0) is 4.79 Å². The minimum Gasteiger partial charge on any atom is -0.354 e. The third-order valence-electron chi connectivity index (χ3n) is 6.79. The summed E-state index contributed by atoms with van der Waals surface area (Å²) in [7, 11) is 0. The van der Waals surface area contributed by atoms with E-state index in [1.165, 1.54) is 22.0 Å². The highest BCUT2D eigenvalue weighted by Gasteiger charge is 2.24. The molecule has 166 valence electrons. The molecule has 6 nitrogen and oxygen atoms in total. The van der Waals surface area contributed by atoms with Crippen molar-refractivity contribution in [1.82, 2.24) is 24.5 Å². The number of hydrogen-bond acceptors (Lipinski definition) is 3. The molecule has 3 aromatic heterocycles. The number of nitrogens with zero attached hydrogens (tertiary/aromatic N) is 4. The number of aromatic nitrogens is 4. The highest BCUT2D eigenvalue weighted by molar-refractivity contribution is 5.92. The van der Waals surface area contributed by atoms with Crippen molar-refractivity contribution in [2.75, 3.05) is 13.1 Å². The number of piperidine rings is 1. The van der Waals surface area contributed by atoms with Crippen molar-refractivity contribution < 1.29 is 4.79 Å². The molecule has 6 heteroatoms.